The molecular weight excluding hydrogens is 506 g/mol. The quantitative estimate of drug-likeness (QED) is 0.444. The average molecular weight is 550 g/mol. The molecule has 0 spiro atoms. The molecule has 0 atom stereocenters. The van der Waals surface area contributed by atoms with E-state index in [2.05, 4.69) is 71.4 Å². The van der Waals surface area contributed by atoms with Crippen LogP contribution in [0.25, 0.3) is 0 Å². The molecule has 2 aromatic rings. The Morgan fingerprint density at radius 1 is 0.744 bits per heavy atom. The highest BCUT2D eigenvalue weighted by atomic mass is 16.5. The van der Waals surface area contributed by atoms with Gasteiger partial charge in [0.25, 0.3) is 0 Å². The lowest BCUT2D eigenvalue weighted by Crippen LogP contribution is -2.34. The lowest BCUT2D eigenvalue weighted by molar-refractivity contribution is -0.117. The van der Waals surface area contributed by atoms with Crippen LogP contribution in [0.1, 0.15) is 94.8 Å². The van der Waals surface area contributed by atoms with Crippen molar-refractivity contribution >= 4 is 17.5 Å². The van der Waals surface area contributed by atoms with Gasteiger partial charge in [-0.1, -0.05) is 88.2 Å². The highest BCUT2D eigenvalue weighted by Crippen LogP contribution is 2.19. The summed E-state index contributed by atoms with van der Waals surface area (Å²) >= 11 is 0. The van der Waals surface area contributed by atoms with Crippen LogP contribution in [0.3, 0.4) is 0 Å². The molecule has 4 rings (SSSR count). The monoisotopic (exact) mass is 549 g/mol. The van der Waals surface area contributed by atoms with Gasteiger partial charge in [-0.25, -0.2) is 14.7 Å². The van der Waals surface area contributed by atoms with Gasteiger partial charge in [-0.3, -0.25) is 19.3 Å². The predicted octanol–water partition coefficient (Wildman–Crippen LogP) is 3.74. The molecule has 14 heteroatoms. The second-order valence-corrected chi connectivity index (χ2v) is 13.0. The van der Waals surface area contributed by atoms with Crippen molar-refractivity contribution in [3.05, 3.63) is 32.8 Å². The van der Waals surface area contributed by atoms with Gasteiger partial charge >= 0.3 is 11.5 Å². The molecule has 2 aliphatic heterocycles. The molecule has 0 aliphatic carbocycles. The molecular formula is C25H43N9O5. The van der Waals surface area contributed by atoms with E-state index in [4.69, 9.17) is 4.42 Å². The number of H-pyrrole nitrogens is 2. The van der Waals surface area contributed by atoms with E-state index < -0.39 is 11.5 Å². The van der Waals surface area contributed by atoms with Crippen LogP contribution >= 0.6 is 0 Å². The second-order valence-electron chi connectivity index (χ2n) is 13.0. The molecule has 0 aromatic carbocycles. The molecule has 1 amide bonds. The highest BCUT2D eigenvalue weighted by Gasteiger charge is 2.25. The summed E-state index contributed by atoms with van der Waals surface area (Å²) in [7, 11) is 0. The Morgan fingerprint density at radius 3 is 1.56 bits per heavy atom. The van der Waals surface area contributed by atoms with E-state index in [0.717, 1.165) is 11.5 Å². The van der Waals surface area contributed by atoms with E-state index in [1.807, 2.05) is 62.3 Å². The Bertz CT molecular complexity index is 1220. The third-order valence-corrected chi connectivity index (χ3v) is 4.89. The normalized spacial score (nSPS) is 15.1. The Kier molecular flexibility index (Phi) is 11.0. The molecule has 0 radical (unpaired) electrons. The number of aromatic nitrogens is 4. The molecule has 39 heavy (non-hydrogen) atoms. The van der Waals surface area contributed by atoms with Crippen LogP contribution in [0.4, 0.5) is 0 Å². The van der Waals surface area contributed by atoms with Gasteiger partial charge in [-0.2, -0.15) is 5.11 Å². The first-order valence-electron chi connectivity index (χ1n) is 12.5. The van der Waals surface area contributed by atoms with Gasteiger partial charge in [0.15, 0.2) is 5.82 Å². The Labute approximate surface area is 228 Å². The van der Waals surface area contributed by atoms with Crippen molar-refractivity contribution in [3.8, 4) is 0 Å². The molecule has 2 aliphatic rings. The molecule has 14 nitrogen and oxygen atoms in total. The second kappa shape index (κ2) is 12.9. The summed E-state index contributed by atoms with van der Waals surface area (Å²) in [6.45, 7) is 25.0. The van der Waals surface area contributed by atoms with Crippen LogP contribution in [-0.4, -0.2) is 50.9 Å². The van der Waals surface area contributed by atoms with Gasteiger partial charge in [0.05, 0.1) is 5.71 Å². The summed E-state index contributed by atoms with van der Waals surface area (Å²) in [6, 6.07) is 0. The van der Waals surface area contributed by atoms with Crippen molar-refractivity contribution in [1.82, 2.24) is 25.7 Å². The van der Waals surface area contributed by atoms with E-state index in [0.29, 0.717) is 24.8 Å². The predicted molar refractivity (Wildman–Crippen MR) is 148 cm³/mol. The minimum Gasteiger partial charge on any atom is -0.392 e. The van der Waals surface area contributed by atoms with Crippen LogP contribution in [0, 0.1) is 10.8 Å². The number of carbonyl (C=O) groups excluding carboxylic acids is 1. The number of nitrogens with one attached hydrogen (secondary N) is 3. The van der Waals surface area contributed by atoms with Gasteiger partial charge in [0.2, 0.25) is 11.8 Å². The van der Waals surface area contributed by atoms with Gasteiger partial charge < -0.3 is 9.73 Å². The zero-order chi connectivity index (χ0) is 30.2. The number of amides is 1. The summed E-state index contributed by atoms with van der Waals surface area (Å²) < 4.78 is 9.06. The van der Waals surface area contributed by atoms with Crippen molar-refractivity contribution in [2.45, 2.75) is 93.9 Å². The number of aliphatic imine (C=N–C) groups is 1. The third kappa shape index (κ3) is 12.1. The summed E-state index contributed by atoms with van der Waals surface area (Å²) in [6.07, 6.45) is 0. The Balaban J connectivity index is 0.000000260. The van der Waals surface area contributed by atoms with Crippen molar-refractivity contribution < 1.29 is 13.7 Å². The van der Waals surface area contributed by atoms with Gasteiger partial charge in [0.1, 0.15) is 18.9 Å². The summed E-state index contributed by atoms with van der Waals surface area (Å²) in [5.74, 6) is 0.840. The summed E-state index contributed by atoms with van der Waals surface area (Å²) in [5.41, 5.74) is 0.851. The summed E-state index contributed by atoms with van der Waals surface area (Å²) in [5, 5.41) is 23.3. The molecule has 0 fully saturated rings. The number of rotatable bonds is 0. The maximum absolute atomic E-state index is 10.7. The largest absolute Gasteiger partial charge is 0.438 e. The minimum atomic E-state index is -0.495. The number of amidine groups is 1. The standard InChI is InChI=1S/C7H12N2O.C6H11N3.2C6H10N2O2/c1-7(2,3)6-8-4-5(10)9-6;1-6(2,3)5-4-7-9-8-5;1-6(2,3)4-7-8-5(9)10-4;1-6(2,3)4-7-5(9)10-8-4/h4H2,1-3H3,(H,8,9,10);4H2,1-3H3;1-3H3,(H,8,9);1-3H3,(H,7,8,9). The molecule has 0 saturated heterocycles. The maximum atomic E-state index is 10.7. The summed E-state index contributed by atoms with van der Waals surface area (Å²) in [4.78, 5) is 38.1. The highest BCUT2D eigenvalue weighted by molar-refractivity contribution is 6.06. The van der Waals surface area contributed by atoms with Gasteiger partial charge in [-0.05, 0) is 5.22 Å². The van der Waals surface area contributed by atoms with E-state index in [-0.39, 0.29) is 27.6 Å². The lowest BCUT2D eigenvalue weighted by Gasteiger charge is -2.17. The third-order valence-electron chi connectivity index (χ3n) is 4.89. The fourth-order valence-corrected chi connectivity index (χ4v) is 2.49. The zero-order valence-electron chi connectivity index (χ0n) is 25.1. The van der Waals surface area contributed by atoms with Crippen molar-refractivity contribution in [1.29, 1.82) is 0 Å². The minimum absolute atomic E-state index is 0.00456. The first-order valence-corrected chi connectivity index (χ1v) is 12.5. The number of hydrogen-bond donors (Lipinski definition) is 3. The number of hydrogen-bond acceptors (Lipinski definition) is 11. The molecule has 3 N–H and O–H groups in total. The lowest BCUT2D eigenvalue weighted by atomic mass is 9.90. The molecule has 2 aromatic heterocycles. The molecule has 0 unspecified atom stereocenters. The fourth-order valence-electron chi connectivity index (χ4n) is 2.49. The van der Waals surface area contributed by atoms with E-state index in [1.54, 1.807) is 0 Å². The zero-order valence-corrected chi connectivity index (χ0v) is 25.1. The van der Waals surface area contributed by atoms with E-state index in [9.17, 15) is 14.4 Å². The first kappa shape index (κ1) is 33.3. The molecule has 0 bridgehead atoms. The Morgan fingerprint density at radius 2 is 1.36 bits per heavy atom. The van der Waals surface area contributed by atoms with E-state index in [1.165, 1.54) is 0 Å². The van der Waals surface area contributed by atoms with Crippen LogP contribution in [0.15, 0.2) is 39.0 Å². The van der Waals surface area contributed by atoms with Crippen molar-refractivity contribution in [2.75, 3.05) is 13.1 Å². The maximum Gasteiger partial charge on any atom is 0.438 e. The van der Waals surface area contributed by atoms with Gasteiger partial charge in [-0.15, -0.1) is 10.2 Å². The fraction of sp³-hybridized carbons (Fsp3) is 0.720. The number of carbonyl (C=O) groups is 1. The molecule has 4 heterocycles. The number of aromatic amines is 2. The van der Waals surface area contributed by atoms with Crippen molar-refractivity contribution in [2.24, 2.45) is 31.3 Å². The van der Waals surface area contributed by atoms with Gasteiger partial charge in [0, 0.05) is 21.7 Å². The first-order chi connectivity index (χ1) is 17.6. The van der Waals surface area contributed by atoms with Crippen molar-refractivity contribution in [3.63, 3.8) is 0 Å². The Hall–Kier alpha value is -3.71. The average Bonchev–Trinajstić information content (AvgIpc) is 3.55. The van der Waals surface area contributed by atoms with Crippen LogP contribution in [0.2, 0.25) is 0 Å². The topological polar surface area (TPSA) is 196 Å². The smallest absolute Gasteiger partial charge is 0.392 e. The SMILES string of the molecule is CC(C)(C)C1=NCC(=O)N1.CC(C)(C)C1=NN=NC1.CC(C)(C)c1n[nH]c(=O)o1.CC(C)(C)c1noc(=O)[nH]1. The molecule has 0 saturated carbocycles. The molecule has 218 valence electrons. The van der Waals surface area contributed by atoms with Crippen LogP contribution in [0.5, 0.6) is 0 Å². The number of nitrogens with zero attached hydrogens (tertiary/aromatic N) is 6. The van der Waals surface area contributed by atoms with Crippen LogP contribution < -0.4 is 16.8 Å². The van der Waals surface area contributed by atoms with Crippen LogP contribution in [-0.2, 0) is 15.6 Å². The van der Waals surface area contributed by atoms with E-state index >= 15 is 0 Å².